The second kappa shape index (κ2) is 7.03. The molecule has 0 unspecified atom stereocenters. The van der Waals surface area contributed by atoms with Crippen molar-refractivity contribution < 1.29 is 10.0 Å². The van der Waals surface area contributed by atoms with Crippen molar-refractivity contribution in [2.75, 3.05) is 36.1 Å². The highest BCUT2D eigenvalue weighted by atomic mass is 16.5. The highest BCUT2D eigenvalue weighted by Gasteiger charge is 2.29. The molecule has 1 amide bonds. The fourth-order valence-electron chi connectivity index (χ4n) is 3.14. The molecular formula is C19H23N3O2. The molecule has 2 aromatic carbocycles. The summed E-state index contributed by atoms with van der Waals surface area (Å²) >= 11 is 0. The standard InChI is InChI=1S/C19H23N3O2/c1-3-20(4-2)13-14-21-16-10-6-5-9-15(16)19(23)22(24)18-12-8-7-11-17(18)21/h5-12,24H,3-4,13-14H2,1-2H3. The summed E-state index contributed by atoms with van der Waals surface area (Å²) in [7, 11) is 0. The maximum absolute atomic E-state index is 12.6. The number of amides is 1. The van der Waals surface area contributed by atoms with Crippen molar-refractivity contribution in [3.8, 4) is 0 Å². The zero-order chi connectivity index (χ0) is 17.1. The second-order valence-electron chi connectivity index (χ2n) is 5.80. The van der Waals surface area contributed by atoms with Gasteiger partial charge in [-0.3, -0.25) is 10.0 Å². The van der Waals surface area contributed by atoms with Gasteiger partial charge in [-0.1, -0.05) is 38.1 Å². The molecule has 0 fully saturated rings. The summed E-state index contributed by atoms with van der Waals surface area (Å²) in [5.41, 5.74) is 2.69. The number of hydrogen-bond acceptors (Lipinski definition) is 4. The Bertz CT molecular complexity index is 728. The molecule has 1 N–H and O–H groups in total. The molecule has 1 aliphatic rings. The van der Waals surface area contributed by atoms with Gasteiger partial charge < -0.3 is 9.80 Å². The van der Waals surface area contributed by atoms with Crippen LogP contribution in [0.4, 0.5) is 17.1 Å². The van der Waals surface area contributed by atoms with Crippen LogP contribution < -0.4 is 9.96 Å². The molecule has 0 bridgehead atoms. The molecule has 2 aromatic rings. The first kappa shape index (κ1) is 16.5. The van der Waals surface area contributed by atoms with Gasteiger partial charge in [-0.25, -0.2) is 0 Å². The molecule has 0 radical (unpaired) electrons. The summed E-state index contributed by atoms with van der Waals surface area (Å²) in [6.45, 7) is 7.89. The van der Waals surface area contributed by atoms with E-state index in [4.69, 9.17) is 0 Å². The van der Waals surface area contributed by atoms with E-state index in [1.54, 1.807) is 12.1 Å². The van der Waals surface area contributed by atoms with Gasteiger partial charge in [0.1, 0.15) is 0 Å². The Morgan fingerprint density at radius 2 is 1.50 bits per heavy atom. The summed E-state index contributed by atoms with van der Waals surface area (Å²) in [5, 5.41) is 11.1. The van der Waals surface area contributed by atoms with Gasteiger partial charge in [-0.05, 0) is 37.4 Å². The van der Waals surface area contributed by atoms with Crippen molar-refractivity contribution in [1.29, 1.82) is 0 Å². The molecule has 0 aromatic heterocycles. The summed E-state index contributed by atoms with van der Waals surface area (Å²) in [5.74, 6) is -0.400. The molecule has 5 nitrogen and oxygen atoms in total. The van der Waals surface area contributed by atoms with Crippen LogP contribution in [0.15, 0.2) is 48.5 Å². The van der Waals surface area contributed by atoms with Crippen LogP contribution in [0.2, 0.25) is 0 Å². The summed E-state index contributed by atoms with van der Waals surface area (Å²) < 4.78 is 0. The van der Waals surface area contributed by atoms with Crippen molar-refractivity contribution in [3.05, 3.63) is 54.1 Å². The number of hydroxylamine groups is 1. The second-order valence-corrected chi connectivity index (χ2v) is 5.80. The number of para-hydroxylation sites is 3. The number of hydrogen-bond donors (Lipinski definition) is 1. The minimum Gasteiger partial charge on any atom is -0.338 e. The molecule has 1 heterocycles. The van der Waals surface area contributed by atoms with E-state index in [1.165, 1.54) is 0 Å². The lowest BCUT2D eigenvalue weighted by Gasteiger charge is -2.29. The highest BCUT2D eigenvalue weighted by molar-refractivity contribution is 6.12. The minimum atomic E-state index is -0.400. The van der Waals surface area contributed by atoms with Crippen molar-refractivity contribution in [2.24, 2.45) is 0 Å². The first-order valence-electron chi connectivity index (χ1n) is 8.38. The van der Waals surface area contributed by atoms with E-state index < -0.39 is 5.91 Å². The third-order valence-corrected chi connectivity index (χ3v) is 4.55. The molecule has 5 heteroatoms. The average molecular weight is 325 g/mol. The number of likely N-dealkylation sites (N-methyl/N-ethyl adjacent to an activating group) is 1. The van der Waals surface area contributed by atoms with Crippen LogP contribution >= 0.6 is 0 Å². The van der Waals surface area contributed by atoms with Gasteiger partial charge in [-0.2, -0.15) is 5.06 Å². The van der Waals surface area contributed by atoms with Gasteiger partial charge in [0.15, 0.2) is 0 Å². The van der Waals surface area contributed by atoms with Crippen LogP contribution in [0.5, 0.6) is 0 Å². The molecule has 0 spiro atoms. The van der Waals surface area contributed by atoms with Crippen molar-refractivity contribution in [2.45, 2.75) is 13.8 Å². The van der Waals surface area contributed by atoms with Crippen LogP contribution in [0.1, 0.15) is 24.2 Å². The first-order chi connectivity index (χ1) is 11.7. The van der Waals surface area contributed by atoms with Gasteiger partial charge >= 0.3 is 0 Å². The first-order valence-corrected chi connectivity index (χ1v) is 8.38. The third-order valence-electron chi connectivity index (χ3n) is 4.55. The van der Waals surface area contributed by atoms with Crippen LogP contribution in [-0.2, 0) is 0 Å². The quantitative estimate of drug-likeness (QED) is 0.855. The van der Waals surface area contributed by atoms with Gasteiger partial charge in [0, 0.05) is 13.1 Å². The van der Waals surface area contributed by atoms with E-state index in [0.29, 0.717) is 11.3 Å². The number of anilines is 3. The van der Waals surface area contributed by atoms with E-state index in [9.17, 15) is 10.0 Å². The molecule has 0 saturated carbocycles. The van der Waals surface area contributed by atoms with Crippen LogP contribution in [-0.4, -0.2) is 42.2 Å². The van der Waals surface area contributed by atoms with E-state index in [0.717, 1.165) is 42.6 Å². The van der Waals surface area contributed by atoms with Crippen LogP contribution in [0.3, 0.4) is 0 Å². The lowest BCUT2D eigenvalue weighted by Crippen LogP contribution is -2.33. The summed E-state index contributed by atoms with van der Waals surface area (Å²) in [4.78, 5) is 17.1. The average Bonchev–Trinajstić information content (AvgIpc) is 2.72. The lowest BCUT2D eigenvalue weighted by atomic mass is 10.1. The Hall–Kier alpha value is -2.37. The molecule has 0 atom stereocenters. The number of rotatable bonds is 5. The Balaban J connectivity index is 2.07. The number of carbonyl (C=O) groups is 1. The maximum atomic E-state index is 12.6. The highest BCUT2D eigenvalue weighted by Crippen LogP contribution is 2.39. The topological polar surface area (TPSA) is 47.0 Å². The molecular weight excluding hydrogens is 302 g/mol. The fourth-order valence-corrected chi connectivity index (χ4v) is 3.14. The molecule has 0 saturated heterocycles. The van der Waals surface area contributed by atoms with Crippen molar-refractivity contribution >= 4 is 23.0 Å². The lowest BCUT2D eigenvalue weighted by molar-refractivity contribution is 0.0857. The predicted octanol–water partition coefficient (Wildman–Crippen LogP) is 3.52. The zero-order valence-corrected chi connectivity index (χ0v) is 14.1. The number of carbonyl (C=O) groups excluding carboxylic acids is 1. The van der Waals surface area contributed by atoms with E-state index in [2.05, 4.69) is 23.6 Å². The number of nitrogens with zero attached hydrogens (tertiary/aromatic N) is 3. The third kappa shape index (κ3) is 2.88. The normalized spacial score (nSPS) is 13.8. The summed E-state index contributed by atoms with van der Waals surface area (Å²) in [6, 6.07) is 14.9. The number of benzene rings is 2. The van der Waals surface area contributed by atoms with Crippen molar-refractivity contribution in [1.82, 2.24) is 4.90 Å². The minimum absolute atomic E-state index is 0.400. The molecule has 126 valence electrons. The van der Waals surface area contributed by atoms with Gasteiger partial charge in [0.25, 0.3) is 5.91 Å². The largest absolute Gasteiger partial charge is 0.338 e. The van der Waals surface area contributed by atoms with Gasteiger partial charge in [0.2, 0.25) is 0 Å². The van der Waals surface area contributed by atoms with E-state index in [1.807, 2.05) is 36.4 Å². The van der Waals surface area contributed by atoms with Gasteiger partial charge in [-0.15, -0.1) is 0 Å². The van der Waals surface area contributed by atoms with Crippen LogP contribution in [0.25, 0.3) is 0 Å². The fraction of sp³-hybridized carbons (Fsp3) is 0.316. The molecule has 0 aliphatic carbocycles. The molecule has 3 rings (SSSR count). The summed E-state index contributed by atoms with van der Waals surface area (Å²) in [6.07, 6.45) is 0. The van der Waals surface area contributed by atoms with Gasteiger partial charge in [0.05, 0.1) is 22.6 Å². The zero-order valence-electron chi connectivity index (χ0n) is 14.1. The molecule has 1 aliphatic heterocycles. The van der Waals surface area contributed by atoms with Crippen molar-refractivity contribution in [3.63, 3.8) is 0 Å². The SMILES string of the molecule is CCN(CC)CCN1c2ccccc2C(=O)N(O)c2ccccc21. The predicted molar refractivity (Wildman–Crippen MR) is 96.3 cm³/mol. The smallest absolute Gasteiger partial charge is 0.284 e. The Kier molecular flexibility index (Phi) is 4.83. The maximum Gasteiger partial charge on any atom is 0.284 e. The Morgan fingerprint density at radius 1 is 0.917 bits per heavy atom. The Morgan fingerprint density at radius 3 is 2.17 bits per heavy atom. The monoisotopic (exact) mass is 325 g/mol. The Labute approximate surface area is 142 Å². The molecule has 24 heavy (non-hydrogen) atoms. The van der Waals surface area contributed by atoms with E-state index in [-0.39, 0.29) is 0 Å². The van der Waals surface area contributed by atoms with Crippen LogP contribution in [0, 0.1) is 0 Å². The van der Waals surface area contributed by atoms with E-state index >= 15 is 0 Å². The number of fused-ring (bicyclic) bond motifs is 2.